The fourth-order valence-corrected chi connectivity index (χ4v) is 4.00. The quantitative estimate of drug-likeness (QED) is 0.364. The number of pyridine rings is 2. The van der Waals surface area contributed by atoms with Crippen LogP contribution in [-0.2, 0) is 4.79 Å². The van der Waals surface area contributed by atoms with Crippen LogP contribution in [0.15, 0.2) is 60.6 Å². The minimum atomic E-state index is -0.125. The molecule has 0 aliphatic carbocycles. The van der Waals surface area contributed by atoms with Crippen molar-refractivity contribution in [2.75, 3.05) is 24.1 Å². The molecule has 0 unspecified atom stereocenters. The number of aromatic nitrogens is 4. The first-order chi connectivity index (χ1) is 16.4. The molecule has 4 N–H and O–H groups in total. The number of hydrogen-bond donors (Lipinski definition) is 3. The van der Waals surface area contributed by atoms with Crippen molar-refractivity contribution in [2.24, 2.45) is 0 Å². The van der Waals surface area contributed by atoms with Gasteiger partial charge in [0.1, 0.15) is 5.82 Å². The Bertz CT molecular complexity index is 1280. The van der Waals surface area contributed by atoms with E-state index in [2.05, 4.69) is 26.8 Å². The topological polar surface area (TPSA) is 143 Å². The lowest BCUT2D eigenvalue weighted by atomic mass is 10.0. The average molecular weight is 479 g/mol. The van der Waals surface area contributed by atoms with Crippen molar-refractivity contribution < 1.29 is 4.79 Å². The summed E-state index contributed by atoms with van der Waals surface area (Å²) >= 11 is 6.46. The third kappa shape index (κ3) is 4.81. The van der Waals surface area contributed by atoms with Gasteiger partial charge in [-0.2, -0.15) is 0 Å². The molecule has 0 aromatic carbocycles. The second-order valence-corrected chi connectivity index (χ2v) is 8.21. The number of rotatable bonds is 6. The van der Waals surface area contributed by atoms with Crippen LogP contribution < -0.4 is 16.5 Å². The first kappa shape index (κ1) is 23.1. The number of piperidine rings is 1. The van der Waals surface area contributed by atoms with E-state index in [0.29, 0.717) is 40.9 Å². The monoisotopic (exact) mass is 478 g/mol. The Hall–Kier alpha value is -4.05. The van der Waals surface area contributed by atoms with Crippen molar-refractivity contribution >= 4 is 34.7 Å². The molecule has 34 heavy (non-hydrogen) atoms. The van der Waals surface area contributed by atoms with Crippen LogP contribution in [0.4, 0.5) is 11.5 Å². The number of likely N-dealkylation sites (tertiary alicyclic amines) is 1. The Morgan fingerprint density at radius 2 is 1.94 bits per heavy atom. The van der Waals surface area contributed by atoms with Gasteiger partial charge < -0.3 is 16.0 Å². The van der Waals surface area contributed by atoms with Gasteiger partial charge in [0.2, 0.25) is 11.9 Å². The first-order valence-electron chi connectivity index (χ1n) is 10.6. The van der Waals surface area contributed by atoms with E-state index in [1.807, 2.05) is 0 Å². The van der Waals surface area contributed by atoms with Gasteiger partial charge in [0, 0.05) is 61.6 Å². The number of hydrogen-bond acceptors (Lipinski definition) is 8. The largest absolute Gasteiger partial charge is 0.383 e. The molecule has 0 saturated carbocycles. The van der Waals surface area contributed by atoms with Gasteiger partial charge in [0.25, 0.3) is 0 Å². The molecule has 1 amide bonds. The maximum Gasteiger partial charge on any atom is 0.246 e. The lowest BCUT2D eigenvalue weighted by Gasteiger charge is -2.33. The molecule has 10 nitrogen and oxygen atoms in total. The number of nitrogens with two attached hydrogens (primary N) is 1. The van der Waals surface area contributed by atoms with Crippen LogP contribution in [0, 0.1) is 5.41 Å². The summed E-state index contributed by atoms with van der Waals surface area (Å²) < 4.78 is 1.59. The predicted molar refractivity (Wildman–Crippen MR) is 131 cm³/mol. The number of halogens is 1. The SMILES string of the molecule is C=CC(=O)N1CCC[C@@H](Nc2c(Cl)cnc(N)c2C(=N)c2cnc(-n3ccc(=O)cc3)nc2)C1. The molecule has 1 fully saturated rings. The molecule has 174 valence electrons. The van der Waals surface area contributed by atoms with Crippen LogP contribution in [0.3, 0.4) is 0 Å². The highest BCUT2D eigenvalue weighted by Crippen LogP contribution is 2.32. The molecule has 4 heterocycles. The number of nitrogen functional groups attached to an aromatic ring is 1. The first-order valence-corrected chi connectivity index (χ1v) is 11.0. The molecule has 3 aromatic heterocycles. The molecule has 1 saturated heterocycles. The highest BCUT2D eigenvalue weighted by molar-refractivity contribution is 6.35. The van der Waals surface area contributed by atoms with Crippen molar-refractivity contribution in [3.05, 3.63) is 82.1 Å². The van der Waals surface area contributed by atoms with Gasteiger partial charge in [-0.15, -0.1) is 0 Å². The van der Waals surface area contributed by atoms with E-state index in [-0.39, 0.29) is 28.9 Å². The van der Waals surface area contributed by atoms with E-state index >= 15 is 0 Å². The summed E-state index contributed by atoms with van der Waals surface area (Å²) in [6.07, 6.45) is 10.5. The standard InChI is InChI=1S/C23H23ClN8O2/c1-2-18(34)32-7-3-4-15(13-32)30-21-17(24)12-27-22(26)19(21)20(25)14-10-28-23(29-11-14)31-8-5-16(33)6-9-31/h2,5-6,8-12,15,25H,1,3-4,7,13H2,(H3,26,27,30)/t15-/m1/s1. The zero-order valence-corrected chi connectivity index (χ0v) is 19.0. The lowest BCUT2D eigenvalue weighted by molar-refractivity contribution is -0.127. The minimum Gasteiger partial charge on any atom is -0.383 e. The summed E-state index contributed by atoms with van der Waals surface area (Å²) in [5.41, 5.74) is 7.32. The Labute approximate surface area is 200 Å². The van der Waals surface area contributed by atoms with Crippen molar-refractivity contribution in [1.82, 2.24) is 24.4 Å². The van der Waals surface area contributed by atoms with Crippen LogP contribution in [0.2, 0.25) is 5.02 Å². The zero-order chi connectivity index (χ0) is 24.2. The molecular weight excluding hydrogens is 456 g/mol. The maximum absolute atomic E-state index is 12.1. The zero-order valence-electron chi connectivity index (χ0n) is 18.2. The third-order valence-electron chi connectivity index (χ3n) is 5.52. The number of carbonyl (C=O) groups excluding carboxylic acids is 1. The van der Waals surface area contributed by atoms with Gasteiger partial charge in [-0.1, -0.05) is 18.2 Å². The number of nitrogens with zero attached hydrogens (tertiary/aromatic N) is 5. The van der Waals surface area contributed by atoms with Crippen LogP contribution in [0.1, 0.15) is 24.0 Å². The normalized spacial score (nSPS) is 15.6. The number of amides is 1. The number of nitrogens with one attached hydrogen (secondary N) is 2. The summed E-state index contributed by atoms with van der Waals surface area (Å²) in [5, 5.41) is 12.5. The summed E-state index contributed by atoms with van der Waals surface area (Å²) in [6, 6.07) is 2.73. The van der Waals surface area contributed by atoms with E-state index in [9.17, 15) is 9.59 Å². The molecule has 1 atom stereocenters. The molecule has 0 spiro atoms. The number of anilines is 2. The Kier molecular flexibility index (Phi) is 6.69. The summed E-state index contributed by atoms with van der Waals surface area (Å²) in [6.45, 7) is 4.70. The predicted octanol–water partition coefficient (Wildman–Crippen LogP) is 2.26. The molecule has 1 aliphatic rings. The Balaban J connectivity index is 1.61. The van der Waals surface area contributed by atoms with Gasteiger partial charge in [0.05, 0.1) is 28.2 Å². The van der Waals surface area contributed by atoms with E-state index in [0.717, 1.165) is 12.8 Å². The van der Waals surface area contributed by atoms with E-state index in [1.165, 1.54) is 36.8 Å². The number of carbonyl (C=O) groups is 1. The molecule has 3 aromatic rings. The molecule has 1 aliphatic heterocycles. The average Bonchev–Trinajstić information content (AvgIpc) is 2.86. The van der Waals surface area contributed by atoms with Crippen molar-refractivity contribution in [3.8, 4) is 5.95 Å². The molecule has 4 rings (SSSR count). The molecule has 11 heteroatoms. The van der Waals surface area contributed by atoms with Crippen molar-refractivity contribution in [2.45, 2.75) is 18.9 Å². The maximum atomic E-state index is 12.1. The van der Waals surface area contributed by atoms with Gasteiger partial charge in [0.15, 0.2) is 5.43 Å². The van der Waals surface area contributed by atoms with Crippen LogP contribution in [0.5, 0.6) is 0 Å². The second-order valence-electron chi connectivity index (χ2n) is 7.80. The second kappa shape index (κ2) is 9.84. The lowest BCUT2D eigenvalue weighted by Crippen LogP contribution is -2.44. The minimum absolute atomic E-state index is 0.0521. The van der Waals surface area contributed by atoms with Crippen molar-refractivity contribution in [1.29, 1.82) is 5.41 Å². The third-order valence-corrected chi connectivity index (χ3v) is 5.81. The Morgan fingerprint density at radius 1 is 1.24 bits per heavy atom. The van der Waals surface area contributed by atoms with Gasteiger partial charge in [-0.05, 0) is 18.9 Å². The highest BCUT2D eigenvalue weighted by atomic mass is 35.5. The van der Waals surface area contributed by atoms with Crippen molar-refractivity contribution in [3.63, 3.8) is 0 Å². The molecule has 0 radical (unpaired) electrons. The molecule has 0 bridgehead atoms. The van der Waals surface area contributed by atoms with E-state index in [1.54, 1.807) is 21.9 Å². The smallest absolute Gasteiger partial charge is 0.246 e. The van der Waals surface area contributed by atoms with E-state index < -0.39 is 0 Å². The fourth-order valence-electron chi connectivity index (χ4n) is 3.80. The van der Waals surface area contributed by atoms with Gasteiger partial charge in [-0.3, -0.25) is 19.6 Å². The van der Waals surface area contributed by atoms with Crippen LogP contribution in [-0.4, -0.2) is 55.2 Å². The summed E-state index contributed by atoms with van der Waals surface area (Å²) in [4.78, 5) is 37.8. The van der Waals surface area contributed by atoms with E-state index in [4.69, 9.17) is 22.7 Å². The molecular formula is C23H23ClN8O2. The summed E-state index contributed by atoms with van der Waals surface area (Å²) in [7, 11) is 0. The van der Waals surface area contributed by atoms with Crippen LogP contribution >= 0.6 is 11.6 Å². The fraction of sp³-hybridized carbons (Fsp3) is 0.217. The Morgan fingerprint density at radius 3 is 2.62 bits per heavy atom. The van der Waals surface area contributed by atoms with Gasteiger partial charge >= 0.3 is 0 Å². The van der Waals surface area contributed by atoms with Crippen LogP contribution in [0.25, 0.3) is 5.95 Å². The summed E-state index contributed by atoms with van der Waals surface area (Å²) in [5.74, 6) is 0.359. The highest BCUT2D eigenvalue weighted by Gasteiger charge is 2.25. The van der Waals surface area contributed by atoms with Gasteiger partial charge in [-0.25, -0.2) is 15.0 Å².